The van der Waals surface area contributed by atoms with Gasteiger partial charge in [-0.25, -0.2) is 4.79 Å². The van der Waals surface area contributed by atoms with Gasteiger partial charge in [0.05, 0.1) is 12.1 Å². The monoisotopic (exact) mass is 398 g/mol. The second kappa shape index (κ2) is 8.35. The third-order valence-electron chi connectivity index (χ3n) is 4.69. The van der Waals surface area contributed by atoms with E-state index in [0.717, 1.165) is 21.7 Å². The number of amides is 2. The zero-order chi connectivity index (χ0) is 20.3. The van der Waals surface area contributed by atoms with Gasteiger partial charge in [-0.05, 0) is 29.5 Å². The van der Waals surface area contributed by atoms with Crippen LogP contribution in [0.15, 0.2) is 47.4 Å². The van der Waals surface area contributed by atoms with Crippen molar-refractivity contribution < 1.29 is 14.7 Å². The summed E-state index contributed by atoms with van der Waals surface area (Å²) in [4.78, 5) is 27.7. The van der Waals surface area contributed by atoms with Crippen molar-refractivity contribution in [3.63, 3.8) is 0 Å². The molecule has 1 saturated heterocycles. The summed E-state index contributed by atoms with van der Waals surface area (Å²) in [7, 11) is 0. The average molecular weight is 398 g/mol. The highest BCUT2D eigenvalue weighted by Crippen LogP contribution is 2.35. The minimum atomic E-state index is -0.906. The number of benzene rings is 2. The van der Waals surface area contributed by atoms with Crippen molar-refractivity contribution in [2.24, 2.45) is 5.73 Å². The average Bonchev–Trinajstić information content (AvgIpc) is 3.06. The number of nitrogens with one attached hydrogen (secondary N) is 1. The number of rotatable bonds is 7. The summed E-state index contributed by atoms with van der Waals surface area (Å²) in [5.41, 5.74) is 9.03. The van der Waals surface area contributed by atoms with Crippen LogP contribution in [0.25, 0.3) is 11.1 Å². The van der Waals surface area contributed by atoms with E-state index >= 15 is 0 Å². The summed E-state index contributed by atoms with van der Waals surface area (Å²) < 4.78 is 0. The number of nitrogens with zero attached hydrogens (tertiary/aromatic N) is 2. The molecule has 28 heavy (non-hydrogen) atoms. The van der Waals surface area contributed by atoms with E-state index in [-0.39, 0.29) is 24.8 Å². The molecule has 0 unspecified atom stereocenters. The molecular formula is C20H22N4O3S. The molecule has 4 N–H and O–H groups in total. The Morgan fingerprint density at radius 2 is 1.86 bits per heavy atom. The summed E-state index contributed by atoms with van der Waals surface area (Å²) in [5, 5.41) is 16.3. The number of nitrogens with two attached hydrogens (primary N) is 1. The fourth-order valence-electron chi connectivity index (χ4n) is 3.17. The van der Waals surface area contributed by atoms with Crippen LogP contribution in [0.2, 0.25) is 0 Å². The standard InChI is InChI=1S/C20H22N4O3S/c1-28-17-12-15(13-2-4-14(5-3-13)19(21)22)6-7-16(17)24-11-10-23(20(24)27)9-8-18(25)26/h2-7,12H,8-11H2,1H3,(H3,21,22)(H,25,26). The first-order valence-electron chi connectivity index (χ1n) is 8.82. The Labute approximate surface area is 167 Å². The largest absolute Gasteiger partial charge is 0.481 e. The number of hydrogen-bond donors (Lipinski definition) is 3. The van der Waals surface area contributed by atoms with Crippen LogP contribution in [0.1, 0.15) is 12.0 Å². The number of aliphatic carboxylic acids is 1. The molecule has 0 spiro atoms. The van der Waals surface area contributed by atoms with Crippen LogP contribution in [0.5, 0.6) is 0 Å². The van der Waals surface area contributed by atoms with E-state index in [0.29, 0.717) is 18.7 Å². The van der Waals surface area contributed by atoms with Crippen LogP contribution in [-0.2, 0) is 4.79 Å². The number of carbonyl (C=O) groups is 2. The van der Waals surface area contributed by atoms with Crippen LogP contribution in [0, 0.1) is 5.41 Å². The van der Waals surface area contributed by atoms with Gasteiger partial charge in [0, 0.05) is 30.1 Å². The lowest BCUT2D eigenvalue weighted by molar-refractivity contribution is -0.137. The van der Waals surface area contributed by atoms with Crippen molar-refractivity contribution >= 4 is 35.3 Å². The third kappa shape index (κ3) is 4.12. The quantitative estimate of drug-likeness (QED) is 0.377. The second-order valence-corrected chi connectivity index (χ2v) is 7.29. The molecule has 0 atom stereocenters. The van der Waals surface area contributed by atoms with E-state index in [1.165, 1.54) is 0 Å². The molecule has 3 rings (SSSR count). The highest BCUT2D eigenvalue weighted by atomic mass is 32.2. The van der Waals surface area contributed by atoms with Gasteiger partial charge in [0.1, 0.15) is 5.84 Å². The summed E-state index contributed by atoms with van der Waals surface area (Å²) in [6.07, 6.45) is 1.91. The fraction of sp³-hybridized carbons (Fsp3) is 0.250. The number of urea groups is 1. The Balaban J connectivity index is 1.83. The Hall–Kier alpha value is -3.00. The Kier molecular flexibility index (Phi) is 5.89. The normalized spacial score (nSPS) is 13.8. The van der Waals surface area contributed by atoms with Crippen molar-refractivity contribution in [3.05, 3.63) is 48.0 Å². The summed E-state index contributed by atoms with van der Waals surface area (Å²) in [5.74, 6) is -0.872. The molecule has 0 aromatic heterocycles. The number of nitrogen functional groups attached to an aromatic ring is 1. The first-order valence-corrected chi connectivity index (χ1v) is 10.0. The smallest absolute Gasteiger partial charge is 0.324 e. The van der Waals surface area contributed by atoms with Crippen LogP contribution in [-0.4, -0.2) is 53.7 Å². The molecule has 0 aliphatic carbocycles. The topological polar surface area (TPSA) is 111 Å². The van der Waals surface area contributed by atoms with Gasteiger partial charge in [-0.15, -0.1) is 11.8 Å². The number of amidine groups is 1. The van der Waals surface area contributed by atoms with E-state index in [1.807, 2.05) is 48.7 Å². The van der Waals surface area contributed by atoms with Crippen LogP contribution >= 0.6 is 11.8 Å². The molecule has 1 heterocycles. The SMILES string of the molecule is CSc1cc(-c2ccc(C(=N)N)cc2)ccc1N1CCN(CCC(=O)O)C1=O. The third-order valence-corrected chi connectivity index (χ3v) is 5.46. The van der Waals surface area contributed by atoms with Gasteiger partial charge in [0.25, 0.3) is 0 Å². The van der Waals surface area contributed by atoms with E-state index in [2.05, 4.69) is 0 Å². The lowest BCUT2D eigenvalue weighted by Gasteiger charge is -2.21. The van der Waals surface area contributed by atoms with Crippen molar-refractivity contribution in [1.82, 2.24) is 4.90 Å². The molecular weight excluding hydrogens is 376 g/mol. The van der Waals surface area contributed by atoms with E-state index < -0.39 is 5.97 Å². The van der Waals surface area contributed by atoms with Gasteiger partial charge in [-0.2, -0.15) is 0 Å². The minimum Gasteiger partial charge on any atom is -0.481 e. The Morgan fingerprint density at radius 3 is 2.46 bits per heavy atom. The zero-order valence-corrected chi connectivity index (χ0v) is 16.3. The maximum Gasteiger partial charge on any atom is 0.324 e. The molecule has 0 radical (unpaired) electrons. The zero-order valence-electron chi connectivity index (χ0n) is 15.5. The number of anilines is 1. The molecule has 7 nitrogen and oxygen atoms in total. The summed E-state index contributed by atoms with van der Waals surface area (Å²) in [6.45, 7) is 1.28. The van der Waals surface area contributed by atoms with Gasteiger partial charge in [-0.1, -0.05) is 30.3 Å². The van der Waals surface area contributed by atoms with Crippen molar-refractivity contribution in [1.29, 1.82) is 5.41 Å². The summed E-state index contributed by atoms with van der Waals surface area (Å²) in [6, 6.07) is 13.2. The first-order chi connectivity index (χ1) is 13.4. The Morgan fingerprint density at radius 1 is 1.18 bits per heavy atom. The van der Waals surface area contributed by atoms with E-state index in [1.54, 1.807) is 21.6 Å². The number of carboxylic acid groups (broad SMARTS) is 1. The van der Waals surface area contributed by atoms with Gasteiger partial charge < -0.3 is 15.7 Å². The highest BCUT2D eigenvalue weighted by molar-refractivity contribution is 7.98. The fourth-order valence-corrected chi connectivity index (χ4v) is 3.80. The molecule has 1 aliphatic heterocycles. The number of carbonyl (C=O) groups excluding carboxylic acids is 1. The molecule has 8 heteroatoms. The predicted octanol–water partition coefficient (Wildman–Crippen LogP) is 3.08. The molecule has 2 amide bonds. The molecule has 146 valence electrons. The van der Waals surface area contributed by atoms with E-state index in [9.17, 15) is 9.59 Å². The number of thioether (sulfide) groups is 1. The molecule has 0 bridgehead atoms. The van der Waals surface area contributed by atoms with Gasteiger partial charge in [0.2, 0.25) is 0 Å². The maximum atomic E-state index is 12.7. The first kappa shape index (κ1) is 19.8. The van der Waals surface area contributed by atoms with Crippen LogP contribution < -0.4 is 10.6 Å². The maximum absolute atomic E-state index is 12.7. The second-order valence-electron chi connectivity index (χ2n) is 6.44. The van der Waals surface area contributed by atoms with Crippen molar-refractivity contribution in [2.75, 3.05) is 30.8 Å². The van der Waals surface area contributed by atoms with Gasteiger partial charge >= 0.3 is 12.0 Å². The molecule has 0 saturated carbocycles. The Bertz CT molecular complexity index is 914. The lowest BCUT2D eigenvalue weighted by Crippen LogP contribution is -2.33. The lowest BCUT2D eigenvalue weighted by atomic mass is 10.0. The van der Waals surface area contributed by atoms with Gasteiger partial charge in [0.15, 0.2) is 0 Å². The van der Waals surface area contributed by atoms with Crippen LogP contribution in [0.3, 0.4) is 0 Å². The molecule has 2 aromatic rings. The van der Waals surface area contributed by atoms with Crippen molar-refractivity contribution in [3.8, 4) is 11.1 Å². The highest BCUT2D eigenvalue weighted by Gasteiger charge is 2.30. The van der Waals surface area contributed by atoms with E-state index in [4.69, 9.17) is 16.2 Å². The molecule has 1 aliphatic rings. The molecule has 1 fully saturated rings. The van der Waals surface area contributed by atoms with Crippen LogP contribution in [0.4, 0.5) is 10.5 Å². The van der Waals surface area contributed by atoms with Gasteiger partial charge in [-0.3, -0.25) is 15.1 Å². The number of carboxylic acids is 1. The minimum absolute atomic E-state index is 0.0340. The number of hydrogen-bond acceptors (Lipinski definition) is 4. The summed E-state index contributed by atoms with van der Waals surface area (Å²) >= 11 is 1.56. The predicted molar refractivity (Wildman–Crippen MR) is 111 cm³/mol. The van der Waals surface area contributed by atoms with Crippen molar-refractivity contribution in [2.45, 2.75) is 11.3 Å². The molecule has 2 aromatic carbocycles.